The minimum atomic E-state index is -0.544. The molecule has 2 N–H and O–H groups in total. The molecule has 1 amide bonds. The second-order valence-corrected chi connectivity index (χ2v) is 4.64. The number of hydrogen-bond donors (Lipinski definition) is 2. The summed E-state index contributed by atoms with van der Waals surface area (Å²) in [5, 5.41) is 16.7. The fourth-order valence-electron chi connectivity index (χ4n) is 1.79. The van der Waals surface area contributed by atoms with Crippen molar-refractivity contribution in [2.24, 2.45) is 0 Å². The lowest BCUT2D eigenvalue weighted by molar-refractivity contribution is -0.385. The number of nitro groups is 1. The van der Waals surface area contributed by atoms with Gasteiger partial charge in [0.1, 0.15) is 5.75 Å². The number of nitrogens with one attached hydrogen (secondary N) is 2. The number of rotatable bonds is 9. The van der Waals surface area contributed by atoms with Crippen LogP contribution in [0, 0.1) is 10.1 Å². The molecule has 0 saturated heterocycles. The van der Waals surface area contributed by atoms with Gasteiger partial charge in [0.15, 0.2) is 6.61 Å². The highest BCUT2D eigenvalue weighted by Gasteiger charge is 2.15. The summed E-state index contributed by atoms with van der Waals surface area (Å²) in [5.74, 6) is 0.156. The Balaban J connectivity index is 2.50. The Bertz CT molecular complexity index is 521. The number of hydrogen-bond acceptors (Lipinski definition) is 6. The van der Waals surface area contributed by atoms with Gasteiger partial charge in [-0.2, -0.15) is 0 Å². The largest absolute Gasteiger partial charge is 0.490 e. The Morgan fingerprint density at radius 1 is 1.45 bits per heavy atom. The van der Waals surface area contributed by atoms with Gasteiger partial charge < -0.3 is 20.1 Å². The lowest BCUT2D eigenvalue weighted by atomic mass is 10.3. The second kappa shape index (κ2) is 8.83. The Hall–Kier alpha value is -2.35. The molecule has 1 aromatic rings. The van der Waals surface area contributed by atoms with Crippen molar-refractivity contribution in [3.63, 3.8) is 0 Å². The van der Waals surface area contributed by atoms with Crippen LogP contribution in [0.4, 0.5) is 5.69 Å². The highest BCUT2D eigenvalue weighted by molar-refractivity contribution is 5.77. The molecule has 0 aliphatic rings. The number of benzene rings is 1. The van der Waals surface area contributed by atoms with Gasteiger partial charge in [0, 0.05) is 24.7 Å². The van der Waals surface area contributed by atoms with Gasteiger partial charge in [-0.3, -0.25) is 14.9 Å². The van der Waals surface area contributed by atoms with Crippen molar-refractivity contribution in [1.29, 1.82) is 0 Å². The molecule has 0 aliphatic heterocycles. The number of carbonyl (C=O) groups excluding carboxylic acids is 1. The minimum absolute atomic E-state index is 0.0867. The summed E-state index contributed by atoms with van der Waals surface area (Å²) in [6.07, 6.45) is 0. The summed E-state index contributed by atoms with van der Waals surface area (Å²) in [7, 11) is 1.33. The van der Waals surface area contributed by atoms with Gasteiger partial charge in [0.25, 0.3) is 5.91 Å². The highest BCUT2D eigenvalue weighted by Crippen LogP contribution is 2.30. The van der Waals surface area contributed by atoms with E-state index in [1.165, 1.54) is 25.3 Å². The SMILES string of the molecule is CCN[C@H](C)CNC(=O)COc1ccc([N+](=O)[O-])c(OC)c1. The first-order chi connectivity index (χ1) is 10.5. The van der Waals surface area contributed by atoms with Gasteiger partial charge >= 0.3 is 5.69 Å². The Morgan fingerprint density at radius 3 is 2.77 bits per heavy atom. The van der Waals surface area contributed by atoms with Gasteiger partial charge in [0.05, 0.1) is 12.0 Å². The number of methoxy groups -OCH3 is 1. The van der Waals surface area contributed by atoms with E-state index in [9.17, 15) is 14.9 Å². The lowest BCUT2D eigenvalue weighted by Crippen LogP contribution is -2.40. The van der Waals surface area contributed by atoms with E-state index in [2.05, 4.69) is 10.6 Å². The van der Waals surface area contributed by atoms with E-state index in [1.807, 2.05) is 13.8 Å². The summed E-state index contributed by atoms with van der Waals surface area (Å²) in [5.41, 5.74) is -0.154. The molecule has 0 aliphatic carbocycles. The van der Waals surface area contributed by atoms with E-state index in [-0.39, 0.29) is 30.0 Å². The maximum atomic E-state index is 11.7. The molecule has 22 heavy (non-hydrogen) atoms. The molecule has 0 saturated carbocycles. The van der Waals surface area contributed by atoms with Gasteiger partial charge in [-0.1, -0.05) is 6.92 Å². The van der Waals surface area contributed by atoms with Crippen molar-refractivity contribution >= 4 is 11.6 Å². The molecule has 8 nitrogen and oxygen atoms in total. The monoisotopic (exact) mass is 311 g/mol. The van der Waals surface area contributed by atoms with Crippen LogP contribution in [0.2, 0.25) is 0 Å². The van der Waals surface area contributed by atoms with Crippen molar-refractivity contribution in [3.8, 4) is 11.5 Å². The van der Waals surface area contributed by atoms with Crippen LogP contribution < -0.4 is 20.1 Å². The van der Waals surface area contributed by atoms with Crippen LogP contribution >= 0.6 is 0 Å². The molecule has 1 atom stereocenters. The average molecular weight is 311 g/mol. The third-order valence-corrected chi connectivity index (χ3v) is 2.88. The number of carbonyl (C=O) groups is 1. The van der Waals surface area contributed by atoms with Crippen LogP contribution in [0.1, 0.15) is 13.8 Å². The van der Waals surface area contributed by atoms with Crippen LogP contribution in [-0.2, 0) is 4.79 Å². The average Bonchev–Trinajstić information content (AvgIpc) is 2.50. The number of nitro benzene ring substituents is 1. The van der Waals surface area contributed by atoms with Crippen molar-refractivity contribution in [2.45, 2.75) is 19.9 Å². The molecular weight excluding hydrogens is 290 g/mol. The van der Waals surface area contributed by atoms with Gasteiger partial charge in [-0.15, -0.1) is 0 Å². The van der Waals surface area contributed by atoms with Crippen molar-refractivity contribution in [1.82, 2.24) is 10.6 Å². The molecule has 1 rings (SSSR count). The molecule has 0 spiro atoms. The summed E-state index contributed by atoms with van der Waals surface area (Å²) < 4.78 is 10.2. The fourth-order valence-corrected chi connectivity index (χ4v) is 1.79. The third kappa shape index (κ3) is 5.57. The van der Waals surface area contributed by atoms with E-state index in [0.717, 1.165) is 6.54 Å². The third-order valence-electron chi connectivity index (χ3n) is 2.88. The smallest absolute Gasteiger partial charge is 0.311 e. The first-order valence-electron chi connectivity index (χ1n) is 6.93. The molecule has 0 unspecified atom stereocenters. The van der Waals surface area contributed by atoms with Crippen molar-refractivity contribution in [2.75, 3.05) is 26.8 Å². The molecule has 8 heteroatoms. The summed E-state index contributed by atoms with van der Waals surface area (Å²) in [4.78, 5) is 21.9. The number of nitrogens with zero attached hydrogens (tertiary/aromatic N) is 1. The number of ether oxygens (including phenoxy) is 2. The zero-order chi connectivity index (χ0) is 16.5. The van der Waals surface area contributed by atoms with E-state index in [1.54, 1.807) is 0 Å². The fraction of sp³-hybridized carbons (Fsp3) is 0.500. The highest BCUT2D eigenvalue weighted by atomic mass is 16.6. The van der Waals surface area contributed by atoms with E-state index >= 15 is 0 Å². The molecule has 0 fully saturated rings. The van der Waals surface area contributed by atoms with Crippen molar-refractivity contribution in [3.05, 3.63) is 28.3 Å². The van der Waals surface area contributed by atoms with E-state index in [4.69, 9.17) is 9.47 Å². The first-order valence-corrected chi connectivity index (χ1v) is 6.93. The number of likely N-dealkylation sites (N-methyl/N-ethyl adjacent to an activating group) is 1. The molecule has 122 valence electrons. The van der Waals surface area contributed by atoms with Crippen LogP contribution in [-0.4, -0.2) is 43.7 Å². The van der Waals surface area contributed by atoms with Gasteiger partial charge in [-0.25, -0.2) is 0 Å². The predicted octanol–water partition coefficient (Wildman–Crippen LogP) is 1.10. The molecule has 0 aromatic heterocycles. The molecule has 0 heterocycles. The van der Waals surface area contributed by atoms with Gasteiger partial charge in [0.2, 0.25) is 5.75 Å². The zero-order valence-electron chi connectivity index (χ0n) is 12.9. The topological polar surface area (TPSA) is 103 Å². The van der Waals surface area contributed by atoms with E-state index in [0.29, 0.717) is 12.3 Å². The molecule has 0 bridgehead atoms. The molecule has 1 aromatic carbocycles. The van der Waals surface area contributed by atoms with E-state index < -0.39 is 4.92 Å². The maximum absolute atomic E-state index is 11.7. The van der Waals surface area contributed by atoms with Gasteiger partial charge in [-0.05, 0) is 19.5 Å². The van der Waals surface area contributed by atoms with Crippen molar-refractivity contribution < 1.29 is 19.2 Å². The summed E-state index contributed by atoms with van der Waals surface area (Å²) in [6, 6.07) is 4.26. The molecule has 0 radical (unpaired) electrons. The minimum Gasteiger partial charge on any atom is -0.490 e. The van der Waals surface area contributed by atoms with Crippen LogP contribution in [0.25, 0.3) is 0 Å². The quantitative estimate of drug-likeness (QED) is 0.523. The zero-order valence-corrected chi connectivity index (χ0v) is 12.9. The first kappa shape index (κ1) is 17.7. The lowest BCUT2D eigenvalue weighted by Gasteiger charge is -2.13. The number of amides is 1. The normalized spacial score (nSPS) is 11.6. The molecular formula is C14H21N3O5. The summed E-state index contributed by atoms with van der Waals surface area (Å²) in [6.45, 7) is 5.12. The van der Waals surface area contributed by atoms with Crippen LogP contribution in [0.5, 0.6) is 11.5 Å². The summed E-state index contributed by atoms with van der Waals surface area (Å²) >= 11 is 0. The Labute approximate surface area is 128 Å². The standard InChI is InChI=1S/C14H21N3O5/c1-4-15-10(2)8-16-14(18)9-22-11-5-6-12(17(19)20)13(7-11)21-3/h5-7,10,15H,4,8-9H2,1-3H3,(H,16,18)/t10-/m1/s1. The Morgan fingerprint density at radius 2 is 2.18 bits per heavy atom. The van der Waals surface area contributed by atoms with Crippen LogP contribution in [0.15, 0.2) is 18.2 Å². The predicted molar refractivity (Wildman–Crippen MR) is 81.3 cm³/mol. The second-order valence-electron chi connectivity index (χ2n) is 4.64. The maximum Gasteiger partial charge on any atom is 0.311 e. The van der Waals surface area contributed by atoms with Crippen LogP contribution in [0.3, 0.4) is 0 Å². The Kier molecular flexibility index (Phi) is 7.11.